The number of aromatic hydroxyl groups is 1. The van der Waals surface area contributed by atoms with Gasteiger partial charge in [0.25, 0.3) is 0 Å². The van der Waals surface area contributed by atoms with Crippen molar-refractivity contribution in [3.05, 3.63) is 52.4 Å². The highest BCUT2D eigenvalue weighted by atomic mass is 16.4. The summed E-state index contributed by atoms with van der Waals surface area (Å²) < 4.78 is 11.1. The Labute approximate surface area is 112 Å². The molecule has 2 aromatic heterocycles. The number of benzene rings is 2. The van der Waals surface area contributed by atoms with Crippen LogP contribution in [0.3, 0.4) is 0 Å². The predicted octanol–water partition coefficient (Wildman–Crippen LogP) is 3.71. The highest BCUT2D eigenvalue weighted by Gasteiger charge is 2.16. The van der Waals surface area contributed by atoms with Gasteiger partial charge in [0.1, 0.15) is 22.3 Å². The molecule has 98 valence electrons. The molecule has 0 aliphatic carbocycles. The van der Waals surface area contributed by atoms with Crippen LogP contribution in [0.5, 0.6) is 5.75 Å². The summed E-state index contributed by atoms with van der Waals surface area (Å²) >= 11 is 0. The monoisotopic (exact) mass is 266 g/mol. The second-order valence-corrected chi connectivity index (χ2v) is 4.83. The fourth-order valence-electron chi connectivity index (χ4n) is 2.52. The predicted molar refractivity (Wildman–Crippen MR) is 76.2 cm³/mol. The summed E-state index contributed by atoms with van der Waals surface area (Å²) in [5.41, 5.74) is 1.80. The number of para-hydroxylation sites is 1. The number of hydrogen-bond donors (Lipinski definition) is 1. The molecule has 4 rings (SSSR count). The molecular formula is C16H10O4. The first kappa shape index (κ1) is 11.1. The third-order valence-electron chi connectivity index (χ3n) is 3.55. The van der Waals surface area contributed by atoms with Crippen LogP contribution < -0.4 is 5.63 Å². The van der Waals surface area contributed by atoms with E-state index in [1.807, 2.05) is 12.1 Å². The van der Waals surface area contributed by atoms with Crippen LogP contribution in [-0.2, 0) is 0 Å². The molecule has 2 aromatic carbocycles. The standard InChI is InChI=1S/C16H10O4/c1-8-6-13-10(7-11(8)17)14-15(19-13)9-4-2-3-5-12(9)20-16(14)18/h2-7,17H,1H3. The first-order valence-corrected chi connectivity index (χ1v) is 6.23. The zero-order chi connectivity index (χ0) is 13.9. The third kappa shape index (κ3) is 1.33. The molecule has 4 nitrogen and oxygen atoms in total. The number of phenolic OH excluding ortho intramolecular Hbond substituents is 1. The first-order chi connectivity index (χ1) is 9.65. The van der Waals surface area contributed by atoms with Crippen molar-refractivity contribution in [2.45, 2.75) is 6.92 Å². The van der Waals surface area contributed by atoms with Gasteiger partial charge in [-0.3, -0.25) is 0 Å². The van der Waals surface area contributed by atoms with Gasteiger partial charge in [0, 0.05) is 5.39 Å². The van der Waals surface area contributed by atoms with Gasteiger partial charge in [-0.05, 0) is 36.8 Å². The number of rotatable bonds is 0. The Morgan fingerprint density at radius 1 is 1.00 bits per heavy atom. The highest BCUT2D eigenvalue weighted by molar-refractivity contribution is 6.13. The van der Waals surface area contributed by atoms with E-state index in [4.69, 9.17) is 8.83 Å². The van der Waals surface area contributed by atoms with Crippen LogP contribution in [0.15, 0.2) is 50.0 Å². The minimum absolute atomic E-state index is 0.132. The average molecular weight is 266 g/mol. The second kappa shape index (κ2) is 3.63. The van der Waals surface area contributed by atoms with Crippen molar-refractivity contribution in [3.63, 3.8) is 0 Å². The second-order valence-electron chi connectivity index (χ2n) is 4.83. The van der Waals surface area contributed by atoms with Crippen LogP contribution in [0.2, 0.25) is 0 Å². The molecule has 0 spiro atoms. The van der Waals surface area contributed by atoms with E-state index in [2.05, 4.69) is 0 Å². The summed E-state index contributed by atoms with van der Waals surface area (Å²) in [4.78, 5) is 12.2. The molecule has 0 radical (unpaired) electrons. The largest absolute Gasteiger partial charge is 0.508 e. The molecule has 4 heteroatoms. The van der Waals surface area contributed by atoms with Gasteiger partial charge < -0.3 is 13.9 Å². The Morgan fingerprint density at radius 3 is 2.65 bits per heavy atom. The molecule has 0 amide bonds. The van der Waals surface area contributed by atoms with Gasteiger partial charge in [-0.2, -0.15) is 0 Å². The number of hydrogen-bond acceptors (Lipinski definition) is 4. The van der Waals surface area contributed by atoms with E-state index in [-0.39, 0.29) is 5.75 Å². The molecular weight excluding hydrogens is 256 g/mol. The van der Waals surface area contributed by atoms with E-state index < -0.39 is 5.63 Å². The normalized spacial score (nSPS) is 11.7. The summed E-state index contributed by atoms with van der Waals surface area (Å²) in [5, 5.41) is 11.5. The zero-order valence-electron chi connectivity index (χ0n) is 10.6. The summed E-state index contributed by atoms with van der Waals surface area (Å²) in [6, 6.07) is 10.5. The molecule has 20 heavy (non-hydrogen) atoms. The minimum Gasteiger partial charge on any atom is -0.508 e. The maximum absolute atomic E-state index is 12.2. The van der Waals surface area contributed by atoms with Crippen molar-refractivity contribution in [2.24, 2.45) is 0 Å². The van der Waals surface area contributed by atoms with Crippen molar-refractivity contribution in [3.8, 4) is 5.75 Å². The smallest absolute Gasteiger partial charge is 0.348 e. The summed E-state index contributed by atoms with van der Waals surface area (Å²) in [6.07, 6.45) is 0. The number of furan rings is 1. The van der Waals surface area contributed by atoms with Gasteiger partial charge in [-0.25, -0.2) is 4.79 Å². The molecule has 4 aromatic rings. The molecule has 0 atom stereocenters. The Balaban J connectivity index is 2.35. The van der Waals surface area contributed by atoms with Crippen LogP contribution in [-0.4, -0.2) is 5.11 Å². The lowest BCUT2D eigenvalue weighted by molar-refractivity contribution is 0.471. The Hall–Kier alpha value is -2.75. The van der Waals surface area contributed by atoms with Crippen molar-refractivity contribution in [1.29, 1.82) is 0 Å². The summed E-state index contributed by atoms with van der Waals surface area (Å²) in [7, 11) is 0. The maximum atomic E-state index is 12.2. The van der Waals surface area contributed by atoms with Gasteiger partial charge in [-0.15, -0.1) is 0 Å². The van der Waals surface area contributed by atoms with Crippen molar-refractivity contribution >= 4 is 32.9 Å². The maximum Gasteiger partial charge on any atom is 0.348 e. The van der Waals surface area contributed by atoms with E-state index in [0.29, 0.717) is 33.1 Å². The molecule has 2 heterocycles. The van der Waals surface area contributed by atoms with Crippen LogP contribution in [0.1, 0.15) is 5.56 Å². The topological polar surface area (TPSA) is 63.6 Å². The fraction of sp³-hybridized carbons (Fsp3) is 0.0625. The van der Waals surface area contributed by atoms with Crippen molar-refractivity contribution in [2.75, 3.05) is 0 Å². The van der Waals surface area contributed by atoms with Gasteiger partial charge >= 0.3 is 5.63 Å². The van der Waals surface area contributed by atoms with Crippen molar-refractivity contribution in [1.82, 2.24) is 0 Å². The van der Waals surface area contributed by atoms with Crippen LogP contribution in [0.25, 0.3) is 32.9 Å². The molecule has 0 fully saturated rings. The molecule has 0 saturated heterocycles. The Kier molecular flexibility index (Phi) is 2.02. The molecule has 0 bridgehead atoms. The quantitative estimate of drug-likeness (QED) is 0.493. The summed E-state index contributed by atoms with van der Waals surface area (Å²) in [6.45, 7) is 1.78. The lowest BCUT2D eigenvalue weighted by Gasteiger charge is -1.97. The fourth-order valence-corrected chi connectivity index (χ4v) is 2.52. The van der Waals surface area contributed by atoms with E-state index in [0.717, 1.165) is 5.39 Å². The Bertz CT molecular complexity index is 1040. The third-order valence-corrected chi connectivity index (χ3v) is 3.55. The lowest BCUT2D eigenvalue weighted by Crippen LogP contribution is -1.97. The first-order valence-electron chi connectivity index (χ1n) is 6.23. The zero-order valence-corrected chi connectivity index (χ0v) is 10.6. The van der Waals surface area contributed by atoms with Crippen molar-refractivity contribution < 1.29 is 13.9 Å². The molecule has 0 saturated carbocycles. The van der Waals surface area contributed by atoms with Gasteiger partial charge in [0.2, 0.25) is 0 Å². The Morgan fingerprint density at radius 2 is 1.80 bits per heavy atom. The number of aryl methyl sites for hydroxylation is 1. The SMILES string of the molecule is Cc1cc2oc3c4ccccc4oc(=O)c3c2cc1O. The molecule has 0 aliphatic rings. The van der Waals surface area contributed by atoms with Gasteiger partial charge in [0.15, 0.2) is 5.58 Å². The molecule has 1 N–H and O–H groups in total. The van der Waals surface area contributed by atoms with Crippen LogP contribution in [0, 0.1) is 6.92 Å². The lowest BCUT2D eigenvalue weighted by atomic mass is 10.1. The van der Waals surface area contributed by atoms with E-state index in [9.17, 15) is 9.90 Å². The van der Waals surface area contributed by atoms with Gasteiger partial charge in [-0.1, -0.05) is 12.1 Å². The van der Waals surface area contributed by atoms with Crippen LogP contribution in [0.4, 0.5) is 0 Å². The van der Waals surface area contributed by atoms with Gasteiger partial charge in [0.05, 0.1) is 5.39 Å². The summed E-state index contributed by atoms with van der Waals surface area (Å²) in [5.74, 6) is 0.132. The van der Waals surface area contributed by atoms with Crippen LogP contribution >= 0.6 is 0 Å². The van der Waals surface area contributed by atoms with E-state index >= 15 is 0 Å². The number of fused-ring (bicyclic) bond motifs is 5. The number of phenols is 1. The van der Waals surface area contributed by atoms with E-state index in [1.54, 1.807) is 31.2 Å². The highest BCUT2D eigenvalue weighted by Crippen LogP contribution is 2.34. The minimum atomic E-state index is -0.458. The average Bonchev–Trinajstić information content (AvgIpc) is 2.79. The van der Waals surface area contributed by atoms with E-state index in [1.165, 1.54) is 0 Å². The molecule has 0 aliphatic heterocycles. The molecule has 0 unspecified atom stereocenters.